The van der Waals surface area contributed by atoms with Crippen LogP contribution in [0.4, 0.5) is 11.5 Å². The first-order valence-corrected chi connectivity index (χ1v) is 8.74. The second kappa shape index (κ2) is 6.28. The molecule has 0 atom stereocenters. The number of aromatic nitrogens is 1. The van der Waals surface area contributed by atoms with Gasteiger partial charge in [0.15, 0.2) is 0 Å². The molecule has 6 heteroatoms. The Morgan fingerprint density at radius 1 is 1.07 bits per heavy atom. The maximum atomic E-state index is 12.4. The van der Waals surface area contributed by atoms with Crippen molar-refractivity contribution in [3.63, 3.8) is 0 Å². The number of phenols is 1. The zero-order chi connectivity index (χ0) is 19.1. The molecule has 0 saturated carbocycles. The number of fused-ring (bicyclic) bond motifs is 2. The topological polar surface area (TPSA) is 87.4 Å². The Morgan fingerprint density at radius 3 is 2.75 bits per heavy atom. The van der Waals surface area contributed by atoms with Crippen LogP contribution in [0.15, 0.2) is 77.7 Å². The maximum absolute atomic E-state index is 12.4. The molecule has 4 aromatic rings. The van der Waals surface area contributed by atoms with Gasteiger partial charge in [-0.2, -0.15) is 0 Å². The zero-order valence-electron chi connectivity index (χ0n) is 14.6. The van der Waals surface area contributed by atoms with Crippen LogP contribution in [0.2, 0.25) is 0 Å². The number of furan rings is 1. The van der Waals surface area contributed by atoms with Crippen molar-refractivity contribution in [1.82, 2.24) is 4.98 Å². The molecule has 3 N–H and O–H groups in total. The molecule has 0 radical (unpaired) electrons. The van der Waals surface area contributed by atoms with Gasteiger partial charge in [0.1, 0.15) is 17.3 Å². The van der Waals surface area contributed by atoms with Crippen molar-refractivity contribution in [3.8, 4) is 17.1 Å². The molecule has 5 rings (SSSR count). The summed E-state index contributed by atoms with van der Waals surface area (Å²) in [5.41, 5.74) is 2.76. The summed E-state index contributed by atoms with van der Waals surface area (Å²) in [5.74, 6) is 1.19. The van der Waals surface area contributed by atoms with Crippen molar-refractivity contribution >= 4 is 33.8 Å². The Bertz CT molecular complexity index is 1240. The van der Waals surface area contributed by atoms with Gasteiger partial charge in [-0.05, 0) is 30.3 Å². The van der Waals surface area contributed by atoms with Crippen molar-refractivity contribution in [2.75, 3.05) is 10.6 Å². The first-order chi connectivity index (χ1) is 13.7. The molecule has 0 aliphatic carbocycles. The van der Waals surface area contributed by atoms with E-state index in [-0.39, 0.29) is 11.7 Å². The first-order valence-electron chi connectivity index (χ1n) is 8.74. The number of anilines is 2. The molecule has 0 fully saturated rings. The second-order valence-corrected chi connectivity index (χ2v) is 6.43. The van der Waals surface area contributed by atoms with Gasteiger partial charge in [0.05, 0.1) is 11.8 Å². The Kier molecular flexibility index (Phi) is 3.62. The summed E-state index contributed by atoms with van der Waals surface area (Å²) >= 11 is 0. The number of pyridine rings is 1. The van der Waals surface area contributed by atoms with Crippen LogP contribution in [0.25, 0.3) is 27.7 Å². The number of amides is 1. The van der Waals surface area contributed by atoms with E-state index < -0.39 is 0 Å². The number of hydrogen-bond acceptors (Lipinski definition) is 5. The smallest absolute Gasteiger partial charge is 0.259 e. The van der Waals surface area contributed by atoms with Gasteiger partial charge in [0.2, 0.25) is 0 Å². The van der Waals surface area contributed by atoms with Crippen molar-refractivity contribution in [3.05, 3.63) is 78.8 Å². The molecule has 1 amide bonds. The number of carbonyl (C=O) groups excluding carboxylic acids is 1. The summed E-state index contributed by atoms with van der Waals surface area (Å²) < 4.78 is 5.43. The third-order valence-electron chi connectivity index (χ3n) is 4.73. The molecule has 1 aliphatic heterocycles. The predicted octanol–water partition coefficient (Wildman–Crippen LogP) is 4.61. The predicted molar refractivity (Wildman–Crippen MR) is 108 cm³/mol. The lowest BCUT2D eigenvalue weighted by atomic mass is 10.1. The SMILES string of the molecule is O=C1Nc2ncc(-c3ccco3)cc2/C1=C/Nc1ccc(O)c2ccccc12. The van der Waals surface area contributed by atoms with Crippen molar-refractivity contribution in [2.45, 2.75) is 0 Å². The largest absolute Gasteiger partial charge is 0.507 e. The van der Waals surface area contributed by atoms with Crippen LogP contribution in [-0.2, 0) is 4.79 Å². The Balaban J connectivity index is 1.55. The van der Waals surface area contributed by atoms with E-state index >= 15 is 0 Å². The van der Waals surface area contributed by atoms with E-state index in [1.807, 2.05) is 36.4 Å². The number of hydrogen-bond donors (Lipinski definition) is 3. The lowest BCUT2D eigenvalue weighted by molar-refractivity contribution is -0.110. The lowest BCUT2D eigenvalue weighted by Crippen LogP contribution is -2.05. The fraction of sp³-hybridized carbons (Fsp3) is 0. The number of carbonyl (C=O) groups is 1. The molecular weight excluding hydrogens is 354 g/mol. The summed E-state index contributed by atoms with van der Waals surface area (Å²) in [7, 11) is 0. The van der Waals surface area contributed by atoms with Crippen molar-refractivity contribution in [2.24, 2.45) is 0 Å². The van der Waals surface area contributed by atoms with Crippen LogP contribution >= 0.6 is 0 Å². The molecule has 1 aliphatic rings. The number of nitrogens with one attached hydrogen (secondary N) is 2. The average Bonchev–Trinajstić information content (AvgIpc) is 3.35. The average molecular weight is 369 g/mol. The molecule has 0 bridgehead atoms. The fourth-order valence-corrected chi connectivity index (χ4v) is 3.35. The molecule has 3 heterocycles. The molecule has 0 spiro atoms. The Morgan fingerprint density at radius 2 is 1.93 bits per heavy atom. The van der Waals surface area contributed by atoms with E-state index in [0.717, 1.165) is 22.0 Å². The number of benzene rings is 2. The summed E-state index contributed by atoms with van der Waals surface area (Å²) in [4.78, 5) is 16.8. The molecule has 28 heavy (non-hydrogen) atoms. The Labute approximate surface area is 160 Å². The minimum absolute atomic E-state index is 0.213. The van der Waals surface area contributed by atoms with Gasteiger partial charge in [0.25, 0.3) is 5.91 Å². The molecular formula is C22H15N3O3. The minimum atomic E-state index is -0.227. The highest BCUT2D eigenvalue weighted by atomic mass is 16.3. The van der Waals surface area contributed by atoms with Crippen LogP contribution in [-0.4, -0.2) is 16.0 Å². The standard InChI is InChI=1S/C22H15N3O3/c26-19-8-7-18(14-4-1-2-5-15(14)19)23-12-17-16-10-13(20-6-3-9-28-20)11-24-21(16)25-22(17)27/h1-12,23,26H,(H,24,25,27)/b17-12-. The molecule has 136 valence electrons. The quantitative estimate of drug-likeness (QED) is 0.363. The summed E-state index contributed by atoms with van der Waals surface area (Å²) in [6.07, 6.45) is 4.93. The van der Waals surface area contributed by atoms with Gasteiger partial charge in [-0.25, -0.2) is 4.98 Å². The van der Waals surface area contributed by atoms with Gasteiger partial charge >= 0.3 is 0 Å². The van der Waals surface area contributed by atoms with E-state index in [1.54, 1.807) is 36.9 Å². The van der Waals surface area contributed by atoms with Crippen LogP contribution in [0, 0.1) is 0 Å². The van der Waals surface area contributed by atoms with Crippen molar-refractivity contribution in [1.29, 1.82) is 0 Å². The monoisotopic (exact) mass is 369 g/mol. The highest BCUT2D eigenvalue weighted by Crippen LogP contribution is 2.35. The van der Waals surface area contributed by atoms with Gasteiger partial charge in [-0.15, -0.1) is 0 Å². The minimum Gasteiger partial charge on any atom is -0.507 e. The number of nitrogens with zero attached hydrogens (tertiary/aromatic N) is 1. The zero-order valence-corrected chi connectivity index (χ0v) is 14.6. The molecule has 6 nitrogen and oxygen atoms in total. The molecule has 2 aromatic heterocycles. The van der Waals surface area contributed by atoms with Crippen LogP contribution in [0.1, 0.15) is 5.56 Å². The van der Waals surface area contributed by atoms with E-state index in [9.17, 15) is 9.90 Å². The van der Waals surface area contributed by atoms with Gasteiger partial charge < -0.3 is 20.2 Å². The van der Waals surface area contributed by atoms with Gasteiger partial charge in [-0.1, -0.05) is 24.3 Å². The normalized spacial score (nSPS) is 14.3. The van der Waals surface area contributed by atoms with E-state index in [4.69, 9.17) is 4.42 Å². The third kappa shape index (κ3) is 2.59. The molecule has 2 aromatic carbocycles. The van der Waals surface area contributed by atoms with Crippen molar-refractivity contribution < 1.29 is 14.3 Å². The van der Waals surface area contributed by atoms with Crippen LogP contribution in [0.3, 0.4) is 0 Å². The van der Waals surface area contributed by atoms with E-state index in [2.05, 4.69) is 15.6 Å². The highest BCUT2D eigenvalue weighted by molar-refractivity contribution is 6.31. The molecule has 0 saturated heterocycles. The van der Waals surface area contributed by atoms with Crippen LogP contribution < -0.4 is 10.6 Å². The molecule has 0 unspecified atom stereocenters. The highest BCUT2D eigenvalue weighted by Gasteiger charge is 2.26. The summed E-state index contributed by atoms with van der Waals surface area (Å²) in [6.45, 7) is 0. The van der Waals surface area contributed by atoms with Gasteiger partial charge in [0, 0.05) is 40.0 Å². The maximum Gasteiger partial charge on any atom is 0.259 e. The lowest BCUT2D eigenvalue weighted by Gasteiger charge is -2.08. The number of rotatable bonds is 3. The fourth-order valence-electron chi connectivity index (χ4n) is 3.35. The Hall–Kier alpha value is -4.06. The van der Waals surface area contributed by atoms with Crippen LogP contribution in [0.5, 0.6) is 5.75 Å². The number of aromatic hydroxyl groups is 1. The number of phenolic OH excluding ortho intramolecular Hbond substituents is 1. The van der Waals surface area contributed by atoms with E-state index in [0.29, 0.717) is 22.7 Å². The summed E-state index contributed by atoms with van der Waals surface area (Å²) in [6, 6.07) is 16.5. The van der Waals surface area contributed by atoms with Gasteiger partial charge in [-0.3, -0.25) is 4.79 Å². The first kappa shape index (κ1) is 16.1. The second-order valence-electron chi connectivity index (χ2n) is 6.43. The van der Waals surface area contributed by atoms with E-state index in [1.165, 1.54) is 0 Å². The summed E-state index contributed by atoms with van der Waals surface area (Å²) in [5, 5.41) is 17.6. The third-order valence-corrected chi connectivity index (χ3v) is 4.73.